The number of nitrogens with one attached hydrogen (secondary N) is 3. The number of benzene rings is 8. The number of rotatable bonds is 27. The molecule has 0 spiro atoms. The summed E-state index contributed by atoms with van der Waals surface area (Å²) < 4.78 is 54.8. The number of nitrogens with two attached hydrogens (primary N) is 1. The normalized spacial score (nSPS) is 16.1. The molecule has 8 aromatic carbocycles. The summed E-state index contributed by atoms with van der Waals surface area (Å²) in [5.41, 5.74) is 17.3. The van der Waals surface area contributed by atoms with E-state index < -0.39 is 26.0 Å². The maximum Gasteiger partial charge on any atom is 0.303 e. The lowest BCUT2D eigenvalue weighted by atomic mass is 9.97. The topological polar surface area (TPSA) is 264 Å². The summed E-state index contributed by atoms with van der Waals surface area (Å²) in [7, 11) is -7.51. The van der Waals surface area contributed by atoms with Gasteiger partial charge in [-0.2, -0.15) is 40.3 Å². The zero-order chi connectivity index (χ0) is 78.3. The van der Waals surface area contributed by atoms with Gasteiger partial charge in [0, 0.05) is 66.8 Å². The third-order valence-corrected chi connectivity index (χ3v) is 25.1. The highest BCUT2D eigenvalue weighted by Crippen LogP contribution is 2.29. The van der Waals surface area contributed by atoms with Crippen molar-refractivity contribution in [1.29, 1.82) is 0 Å². The summed E-state index contributed by atoms with van der Waals surface area (Å²) in [6.45, 7) is 18.4. The Morgan fingerprint density at radius 2 is 0.793 bits per heavy atom. The summed E-state index contributed by atoms with van der Waals surface area (Å²) in [5.74, 6) is -0.0574. The number of carboxylic acid groups (broad SMARTS) is 1. The lowest BCUT2D eigenvalue weighted by molar-refractivity contribution is -0.137. The van der Waals surface area contributed by atoms with Crippen molar-refractivity contribution < 1.29 is 36.3 Å². The second-order valence-corrected chi connectivity index (χ2v) is 33.9. The Morgan fingerprint density at radius 1 is 0.441 bits per heavy atom. The Balaban J connectivity index is 0.000000155. The molecule has 0 bridgehead atoms. The van der Waals surface area contributed by atoms with Crippen LogP contribution in [0.25, 0.3) is 32.7 Å². The van der Waals surface area contributed by atoms with Crippen molar-refractivity contribution in [2.24, 2.45) is 5.73 Å². The monoisotopic (exact) mass is 1540 g/mol. The summed E-state index contributed by atoms with van der Waals surface area (Å²) in [6.07, 6.45) is 20.0. The lowest BCUT2D eigenvalue weighted by Crippen LogP contribution is -2.47. The van der Waals surface area contributed by atoms with Crippen molar-refractivity contribution in [2.45, 2.75) is 177 Å². The highest BCUT2D eigenvalue weighted by atomic mass is 32.2. The second kappa shape index (κ2) is 40.0. The first kappa shape index (κ1) is 82.3. The maximum atomic E-state index is 13.3. The van der Waals surface area contributed by atoms with Gasteiger partial charge in [-0.1, -0.05) is 185 Å². The second-order valence-electron chi connectivity index (χ2n) is 30.3. The molecular weight excluding hydrogens is 1430 g/mol. The van der Waals surface area contributed by atoms with Gasteiger partial charge in [0.05, 0.1) is 51.4 Å². The van der Waals surface area contributed by atoms with Crippen molar-refractivity contribution in [2.75, 3.05) is 58.9 Å². The summed E-state index contributed by atoms with van der Waals surface area (Å²) in [6, 6.07) is 62.8. The van der Waals surface area contributed by atoms with E-state index in [1.165, 1.54) is 61.6 Å². The van der Waals surface area contributed by atoms with Gasteiger partial charge in [0.1, 0.15) is 0 Å². The number of piperidine rings is 3. The third-order valence-electron chi connectivity index (χ3n) is 21.8. The van der Waals surface area contributed by atoms with E-state index in [4.69, 9.17) is 10.8 Å². The van der Waals surface area contributed by atoms with Crippen molar-refractivity contribution >= 4 is 70.5 Å². The van der Waals surface area contributed by atoms with Crippen LogP contribution in [0.2, 0.25) is 0 Å². The van der Waals surface area contributed by atoms with Crippen LogP contribution in [0.4, 0.5) is 0 Å². The largest absolute Gasteiger partial charge is 0.481 e. The first-order valence-electron chi connectivity index (χ1n) is 39.5. The number of aromatic amines is 1. The number of hydrogen-bond donors (Lipinski definition) is 5. The van der Waals surface area contributed by atoms with Crippen LogP contribution in [0.3, 0.4) is 0 Å². The Morgan fingerprint density at radius 3 is 1.17 bits per heavy atom. The van der Waals surface area contributed by atoms with Crippen LogP contribution in [0.1, 0.15) is 160 Å². The Labute approximate surface area is 655 Å². The first-order chi connectivity index (χ1) is 53.7. The molecule has 3 aliphatic heterocycles. The van der Waals surface area contributed by atoms with Crippen LogP contribution in [-0.2, 0) is 53.7 Å². The van der Waals surface area contributed by atoms with Crippen LogP contribution < -0.4 is 16.4 Å². The Hall–Kier alpha value is -9.68. The van der Waals surface area contributed by atoms with E-state index in [0.29, 0.717) is 55.6 Å². The molecule has 0 unspecified atom stereocenters. The number of aromatic nitrogens is 6. The van der Waals surface area contributed by atoms with Gasteiger partial charge in [0.2, 0.25) is 11.8 Å². The van der Waals surface area contributed by atoms with Crippen LogP contribution in [-0.4, -0.2) is 160 Å². The molecule has 3 saturated heterocycles. The van der Waals surface area contributed by atoms with Gasteiger partial charge in [-0.15, -0.1) is 0 Å². The molecule has 20 nitrogen and oxygen atoms in total. The summed E-state index contributed by atoms with van der Waals surface area (Å²) in [4.78, 5) is 43.9. The van der Waals surface area contributed by atoms with E-state index >= 15 is 0 Å². The summed E-state index contributed by atoms with van der Waals surface area (Å²) in [5, 5.41) is 33.3. The minimum atomic E-state index is -3.79. The van der Waals surface area contributed by atoms with Crippen molar-refractivity contribution in [3.8, 4) is 0 Å². The number of fused-ring (bicyclic) bond motifs is 3. The average Bonchev–Trinajstić information content (AvgIpc) is 1.65. The fraction of sp³-hybridized carbons (Fsp3) is 0.393. The molecule has 11 aromatic rings. The molecule has 2 amide bonds. The van der Waals surface area contributed by atoms with Gasteiger partial charge in [0.25, 0.3) is 20.0 Å². The van der Waals surface area contributed by atoms with Crippen molar-refractivity contribution in [3.05, 3.63) is 257 Å². The zero-order valence-electron chi connectivity index (χ0n) is 64.9. The molecule has 0 saturated carbocycles. The number of hydrogen-bond acceptors (Lipinski definition) is 14. The van der Waals surface area contributed by atoms with E-state index in [0.717, 1.165) is 129 Å². The first-order valence-corrected chi connectivity index (χ1v) is 42.4. The molecule has 3 aliphatic rings. The van der Waals surface area contributed by atoms with Gasteiger partial charge >= 0.3 is 5.97 Å². The van der Waals surface area contributed by atoms with Gasteiger partial charge in [0.15, 0.2) is 0 Å². The Bertz CT molecular complexity index is 5000. The highest BCUT2D eigenvalue weighted by Gasteiger charge is 2.28. The van der Waals surface area contributed by atoms with Crippen molar-refractivity contribution in [1.82, 2.24) is 53.9 Å². The molecule has 3 aromatic heterocycles. The minimum absolute atomic E-state index is 0.0661. The van der Waals surface area contributed by atoms with Crippen LogP contribution in [0.5, 0.6) is 0 Å². The molecule has 14 rings (SSSR count). The smallest absolute Gasteiger partial charge is 0.303 e. The third kappa shape index (κ3) is 23.0. The number of carbonyl (C=O) groups excluding carboxylic acids is 2. The lowest BCUT2D eigenvalue weighted by Gasteiger charge is -2.35. The van der Waals surface area contributed by atoms with Gasteiger partial charge < -0.3 is 21.5 Å². The molecule has 111 heavy (non-hydrogen) atoms. The SMILES string of the molecule is C[C@@H](CC(=O)NC[C@H](Cc1ccc2[nH]ncc2c1)N1CCCCC1)c1ccccc1.C[C@@H](CC(=O)O)c1ccccc1.Cc1ccc(S(=O)(=O)n2ncc3cc(C[C@@H](CN)N4CCCCC4)ccc32)cc1.Cc1ccc(S(=O)(=O)n2ncc3cc(C[C@@H](CNC(=O)C[C@H](C)c4ccccc4)N4CCCCC4)ccc32)cc1. The van der Waals surface area contributed by atoms with E-state index in [-0.39, 0.29) is 51.8 Å². The van der Waals surface area contributed by atoms with Crippen LogP contribution in [0, 0.1) is 13.8 Å². The van der Waals surface area contributed by atoms with E-state index in [2.05, 4.69) is 102 Å². The number of carbonyl (C=O) groups is 3. The number of likely N-dealkylation sites (tertiary alicyclic amines) is 3. The fourth-order valence-corrected chi connectivity index (χ4v) is 17.9. The minimum Gasteiger partial charge on any atom is -0.481 e. The molecular formula is C89H110N12O8S2. The number of aryl methyl sites for hydroxylation is 2. The molecule has 22 heteroatoms. The number of aliphatic carboxylic acids is 1. The van der Waals surface area contributed by atoms with Gasteiger partial charge in [-0.05, 0) is 223 Å². The maximum absolute atomic E-state index is 13.3. The van der Waals surface area contributed by atoms with Crippen LogP contribution >= 0.6 is 0 Å². The Kier molecular flexibility index (Phi) is 29.6. The fourth-order valence-electron chi connectivity index (χ4n) is 15.3. The number of H-pyrrole nitrogens is 1. The molecule has 6 atom stereocenters. The van der Waals surface area contributed by atoms with Crippen LogP contribution in [0.15, 0.2) is 223 Å². The van der Waals surface area contributed by atoms with E-state index in [1.54, 1.807) is 60.9 Å². The van der Waals surface area contributed by atoms with Crippen molar-refractivity contribution in [3.63, 3.8) is 0 Å². The van der Waals surface area contributed by atoms with E-state index in [9.17, 15) is 31.2 Å². The quantitative estimate of drug-likeness (QED) is 0.0320. The molecule has 3 fully saturated rings. The molecule has 0 radical (unpaired) electrons. The number of nitrogens with zero attached hydrogens (tertiary/aromatic N) is 8. The predicted octanol–water partition coefficient (Wildman–Crippen LogP) is 14.8. The number of carboxylic acids is 1. The highest BCUT2D eigenvalue weighted by molar-refractivity contribution is 7.90. The molecule has 6 N–H and O–H groups in total. The predicted molar refractivity (Wildman–Crippen MR) is 443 cm³/mol. The molecule has 0 aliphatic carbocycles. The standard InChI is InChI=1S/C32H38N4O3S.C25H32N4O.C22H28N4O2S.C10H12O2/c1-24-11-14-30(15-12-24)40(38,39)36-31-16-13-26(20-28(31)22-34-36)21-29(35-17-7-4-8-18-35)23-33-32(37)19-25(2)27-9-5-3-6-10-27;1-19(21-8-4-2-5-9-21)14-25(30)26-18-23(29-12-6-3-7-13-29)16-20-10-11-24-22(15-20)17-27-28-24;1-17-5-8-21(9-6-17)29(27,28)26-22-10-7-18(13-19(22)16-24-26)14-20(15-23)25-11-3-2-4-12-25;1-8(7-10(11)12)9-5-3-2-4-6-9/h3,5-6,9-16,20,22,25,29H,4,7-8,17-19,21,23H2,1-2H3,(H,33,37);2,4-5,8-11,15,17,19,23H,3,6-7,12-14,16,18H2,1H3,(H,26,30)(H,27,28);5-10,13,16,20H,2-4,11-12,14-15,23H2,1H3;2-6,8H,7H2,1H3,(H,11,12)/t25-,29-;19-,23-;20-;8-/m0000/s1. The molecule has 6 heterocycles. The zero-order valence-corrected chi connectivity index (χ0v) is 66.6. The van der Waals surface area contributed by atoms with Gasteiger partial charge in [-0.3, -0.25) is 34.2 Å². The average molecular weight is 1540 g/mol. The number of amides is 2. The summed E-state index contributed by atoms with van der Waals surface area (Å²) >= 11 is 0. The molecule has 586 valence electrons. The van der Waals surface area contributed by atoms with Gasteiger partial charge in [-0.25, -0.2) is 0 Å². The van der Waals surface area contributed by atoms with E-state index in [1.807, 2.05) is 130 Å².